The number of rotatable bonds is 11. The van der Waals surface area contributed by atoms with Crippen LogP contribution in [-0.4, -0.2) is 27.1 Å². The molecule has 5 aromatic carbocycles. The number of nitrogens with one attached hydrogen (secondary N) is 1. The molecule has 0 fully saturated rings. The molecule has 44 heavy (non-hydrogen) atoms. The molecule has 5 aromatic rings. The average Bonchev–Trinajstić information content (AvgIpc) is 3.03. The zero-order valence-corrected chi connectivity index (χ0v) is 25.8. The lowest BCUT2D eigenvalue weighted by Crippen LogP contribution is -2.39. The van der Waals surface area contributed by atoms with E-state index in [-0.39, 0.29) is 10.8 Å². The highest BCUT2D eigenvalue weighted by Gasteiger charge is 2.27. The van der Waals surface area contributed by atoms with Crippen molar-refractivity contribution in [2.75, 3.05) is 10.8 Å². The minimum absolute atomic E-state index is 0.107. The Labute approximate surface area is 258 Å². The van der Waals surface area contributed by atoms with Gasteiger partial charge in [0.25, 0.3) is 15.9 Å². The minimum Gasteiger partial charge on any atom is -0.489 e. The number of hydrogen-bond acceptors (Lipinski definition) is 5. The molecule has 224 valence electrons. The summed E-state index contributed by atoms with van der Waals surface area (Å²) < 4.78 is 34.3. The fraction of sp³-hybridized carbons (Fsp3) is 0.167. The topological polar surface area (TPSA) is 88.1 Å². The van der Waals surface area contributed by atoms with Crippen LogP contribution in [0.4, 0.5) is 5.69 Å². The third-order valence-corrected chi connectivity index (χ3v) is 9.03. The van der Waals surface area contributed by atoms with Gasteiger partial charge in [0.05, 0.1) is 16.8 Å². The van der Waals surface area contributed by atoms with Crippen LogP contribution in [0.2, 0.25) is 0 Å². The van der Waals surface area contributed by atoms with Gasteiger partial charge in [-0.05, 0) is 94.9 Å². The number of amides is 1. The first-order valence-corrected chi connectivity index (χ1v) is 15.8. The third kappa shape index (κ3) is 7.51. The molecule has 0 aliphatic rings. The maximum Gasteiger partial charge on any atom is 0.264 e. The highest BCUT2D eigenvalue weighted by Crippen LogP contribution is 2.26. The van der Waals surface area contributed by atoms with Crippen LogP contribution in [0.25, 0.3) is 10.8 Å². The van der Waals surface area contributed by atoms with E-state index in [1.807, 2.05) is 55.5 Å². The molecule has 5 rings (SSSR count). The normalized spacial score (nSPS) is 11.6. The number of ether oxygens (including phenoxy) is 1. The predicted octanol–water partition coefficient (Wildman–Crippen LogP) is 7.20. The number of aryl methyl sites for hydroxylation is 1. The number of carbonyl (C=O) groups is 1. The van der Waals surface area contributed by atoms with E-state index < -0.39 is 22.5 Å². The van der Waals surface area contributed by atoms with Gasteiger partial charge in [0.2, 0.25) is 0 Å². The lowest BCUT2D eigenvalue weighted by Gasteiger charge is -2.24. The van der Waals surface area contributed by atoms with E-state index in [1.54, 1.807) is 36.4 Å². The number of fused-ring (bicyclic) bond motifs is 1. The van der Waals surface area contributed by atoms with Crippen LogP contribution in [-0.2, 0) is 21.4 Å². The van der Waals surface area contributed by atoms with Crippen LogP contribution in [0.15, 0.2) is 125 Å². The first-order valence-electron chi connectivity index (χ1n) is 14.4. The molecule has 0 saturated carbocycles. The Balaban J connectivity index is 1.22. The van der Waals surface area contributed by atoms with E-state index in [2.05, 4.69) is 54.7 Å². The van der Waals surface area contributed by atoms with Crippen LogP contribution in [0, 0.1) is 6.92 Å². The number of carbonyl (C=O) groups excluding carboxylic acids is 1. The van der Waals surface area contributed by atoms with Crippen molar-refractivity contribution in [3.8, 4) is 5.75 Å². The Bertz CT molecular complexity index is 1870. The molecule has 8 heteroatoms. The van der Waals surface area contributed by atoms with Crippen LogP contribution in [0.5, 0.6) is 5.75 Å². The van der Waals surface area contributed by atoms with Crippen molar-refractivity contribution in [1.82, 2.24) is 5.43 Å². The quantitative estimate of drug-likeness (QED) is 0.127. The maximum atomic E-state index is 13.6. The monoisotopic (exact) mass is 605 g/mol. The molecule has 0 aromatic heterocycles. The first kappa shape index (κ1) is 30.5. The van der Waals surface area contributed by atoms with Gasteiger partial charge in [-0.25, -0.2) is 13.8 Å². The summed E-state index contributed by atoms with van der Waals surface area (Å²) in [6.45, 7) is 6.02. The van der Waals surface area contributed by atoms with Gasteiger partial charge in [0, 0.05) is 0 Å². The van der Waals surface area contributed by atoms with Gasteiger partial charge < -0.3 is 4.74 Å². The van der Waals surface area contributed by atoms with Gasteiger partial charge in [-0.1, -0.05) is 80.1 Å². The smallest absolute Gasteiger partial charge is 0.264 e. The second-order valence-corrected chi connectivity index (χ2v) is 12.8. The Morgan fingerprint density at radius 3 is 2.23 bits per heavy atom. The lowest BCUT2D eigenvalue weighted by molar-refractivity contribution is -0.119. The van der Waals surface area contributed by atoms with Crippen LogP contribution < -0.4 is 14.5 Å². The zero-order chi connectivity index (χ0) is 31.1. The number of hydrazone groups is 1. The first-order chi connectivity index (χ1) is 21.2. The summed E-state index contributed by atoms with van der Waals surface area (Å²) in [5, 5.41) is 6.41. The lowest BCUT2D eigenvalue weighted by atomic mass is 10.0. The Hall–Kier alpha value is -4.95. The summed E-state index contributed by atoms with van der Waals surface area (Å²) in [4.78, 5) is 13.0. The molecule has 0 saturated heterocycles. The van der Waals surface area contributed by atoms with Gasteiger partial charge in [-0.15, -0.1) is 0 Å². The molecule has 0 bridgehead atoms. The van der Waals surface area contributed by atoms with Gasteiger partial charge >= 0.3 is 0 Å². The molecular formula is C36H35N3O4S. The summed E-state index contributed by atoms with van der Waals surface area (Å²) >= 11 is 0. The summed E-state index contributed by atoms with van der Waals surface area (Å²) in [6, 6.07) is 35.5. The number of benzene rings is 5. The van der Waals surface area contributed by atoms with Gasteiger partial charge in [-0.2, -0.15) is 5.10 Å². The number of anilines is 1. The summed E-state index contributed by atoms with van der Waals surface area (Å²) in [6.07, 6.45) is 1.50. The minimum atomic E-state index is -4.01. The van der Waals surface area contributed by atoms with Crippen molar-refractivity contribution in [2.24, 2.45) is 5.10 Å². The molecule has 0 radical (unpaired) electrons. The Morgan fingerprint density at radius 1 is 0.864 bits per heavy atom. The van der Waals surface area contributed by atoms with E-state index in [0.717, 1.165) is 26.6 Å². The molecule has 1 N–H and O–H groups in total. The SMILES string of the molecule is Cc1ccc(S(=O)(=O)N(CC(=O)N/N=C/c2ccc(OCc3ccc4ccccc4c3)cc2)c2ccc(C(C)C)cc2)cc1. The van der Waals surface area contributed by atoms with E-state index in [0.29, 0.717) is 18.0 Å². The van der Waals surface area contributed by atoms with Gasteiger partial charge in [0.1, 0.15) is 18.9 Å². The molecule has 7 nitrogen and oxygen atoms in total. The van der Waals surface area contributed by atoms with Crippen LogP contribution in [0.1, 0.15) is 42.0 Å². The van der Waals surface area contributed by atoms with Crippen molar-refractivity contribution in [2.45, 2.75) is 38.2 Å². The van der Waals surface area contributed by atoms with Crippen molar-refractivity contribution in [1.29, 1.82) is 0 Å². The second-order valence-electron chi connectivity index (χ2n) is 10.9. The van der Waals surface area contributed by atoms with Crippen LogP contribution in [0.3, 0.4) is 0 Å². The van der Waals surface area contributed by atoms with Crippen molar-refractivity contribution >= 4 is 38.6 Å². The molecule has 1 amide bonds. The average molecular weight is 606 g/mol. The fourth-order valence-electron chi connectivity index (χ4n) is 4.67. The Kier molecular flexibility index (Phi) is 9.41. The van der Waals surface area contributed by atoms with E-state index >= 15 is 0 Å². The highest BCUT2D eigenvalue weighted by molar-refractivity contribution is 7.92. The Morgan fingerprint density at radius 2 is 1.55 bits per heavy atom. The third-order valence-electron chi connectivity index (χ3n) is 7.25. The summed E-state index contributed by atoms with van der Waals surface area (Å²) in [5.74, 6) is 0.425. The van der Waals surface area contributed by atoms with E-state index in [4.69, 9.17) is 4.74 Å². The number of sulfonamides is 1. The molecule has 0 heterocycles. The zero-order valence-electron chi connectivity index (χ0n) is 25.0. The molecule has 0 spiro atoms. The fourth-order valence-corrected chi connectivity index (χ4v) is 6.09. The molecule has 0 unspecified atom stereocenters. The second kappa shape index (κ2) is 13.6. The summed E-state index contributed by atoms with van der Waals surface area (Å²) in [5.41, 5.74) is 6.69. The molecule has 0 aliphatic heterocycles. The summed E-state index contributed by atoms with van der Waals surface area (Å²) in [7, 11) is -4.01. The maximum absolute atomic E-state index is 13.6. The van der Waals surface area contributed by atoms with Crippen molar-refractivity contribution in [3.63, 3.8) is 0 Å². The predicted molar refractivity (Wildman–Crippen MR) is 177 cm³/mol. The largest absolute Gasteiger partial charge is 0.489 e. The van der Waals surface area contributed by atoms with Crippen molar-refractivity contribution < 1.29 is 17.9 Å². The molecular weight excluding hydrogens is 570 g/mol. The molecule has 0 atom stereocenters. The number of nitrogens with zero attached hydrogens (tertiary/aromatic N) is 2. The van der Waals surface area contributed by atoms with Crippen molar-refractivity contribution in [3.05, 3.63) is 138 Å². The number of hydrogen-bond donors (Lipinski definition) is 1. The van der Waals surface area contributed by atoms with E-state index in [1.165, 1.54) is 17.0 Å². The van der Waals surface area contributed by atoms with E-state index in [9.17, 15) is 13.2 Å². The van der Waals surface area contributed by atoms with Crippen LogP contribution >= 0.6 is 0 Å². The standard InChI is InChI=1S/C36H35N3O4S/c1-26(2)30-14-16-33(17-15-30)39(44(41,42)35-20-8-27(3)9-21-35)24-36(40)38-37-23-28-11-18-34(19-12-28)43-25-29-10-13-31-6-4-5-7-32(31)22-29/h4-23,26H,24-25H2,1-3H3,(H,38,40)/b37-23+. The van der Waals surface area contributed by atoms with Gasteiger partial charge in [0.15, 0.2) is 0 Å². The highest BCUT2D eigenvalue weighted by atomic mass is 32.2. The van der Waals surface area contributed by atoms with Gasteiger partial charge in [-0.3, -0.25) is 9.10 Å². The molecule has 0 aliphatic carbocycles.